The molecule has 1 aromatic heterocycles. The fourth-order valence-corrected chi connectivity index (χ4v) is 2.26. The van der Waals surface area contributed by atoms with E-state index in [4.69, 9.17) is 4.74 Å². The third kappa shape index (κ3) is 1.99. The number of nitrogens with zero attached hydrogens (tertiary/aromatic N) is 2. The van der Waals surface area contributed by atoms with E-state index in [2.05, 4.69) is 5.10 Å². The monoisotopic (exact) mass is 236 g/mol. The molecule has 0 saturated carbocycles. The molecule has 0 fully saturated rings. The van der Waals surface area contributed by atoms with Gasteiger partial charge in [-0.15, -0.1) is 11.3 Å². The van der Waals surface area contributed by atoms with Crippen LogP contribution in [0.4, 0.5) is 4.79 Å². The molecule has 84 valence electrons. The van der Waals surface area contributed by atoms with Crippen molar-refractivity contribution in [1.29, 1.82) is 0 Å². The first kappa shape index (κ1) is 10.9. The molecule has 16 heavy (non-hydrogen) atoms. The number of hydrogen-bond acceptors (Lipinski definition) is 4. The van der Waals surface area contributed by atoms with Crippen LogP contribution < -0.4 is 0 Å². The number of thiophene rings is 1. The van der Waals surface area contributed by atoms with Crippen LogP contribution in [-0.4, -0.2) is 23.4 Å². The largest absolute Gasteiger partial charge is 0.448 e. The summed E-state index contributed by atoms with van der Waals surface area (Å²) in [6.45, 7) is 4.00. The van der Waals surface area contributed by atoms with Crippen LogP contribution in [0.1, 0.15) is 24.3 Å². The third-order valence-corrected chi connectivity index (χ3v) is 3.05. The summed E-state index contributed by atoms with van der Waals surface area (Å²) in [5, 5.41) is 7.44. The summed E-state index contributed by atoms with van der Waals surface area (Å²) < 4.78 is 4.89. The summed E-state index contributed by atoms with van der Waals surface area (Å²) in [6, 6.07) is 2.00. The lowest BCUT2D eigenvalue weighted by Crippen LogP contribution is -2.22. The minimum absolute atomic E-state index is 0.347. The molecule has 4 nitrogen and oxygen atoms in total. The van der Waals surface area contributed by atoms with Crippen LogP contribution in [0.5, 0.6) is 0 Å². The molecule has 2 rings (SSSR count). The maximum Gasteiger partial charge on any atom is 0.434 e. The minimum Gasteiger partial charge on any atom is -0.448 e. The number of ether oxygens (including phenoxy) is 1. The van der Waals surface area contributed by atoms with Crippen molar-refractivity contribution in [3.63, 3.8) is 0 Å². The van der Waals surface area contributed by atoms with E-state index in [1.54, 1.807) is 24.5 Å². The summed E-state index contributed by atoms with van der Waals surface area (Å²) >= 11 is 1.62. The van der Waals surface area contributed by atoms with E-state index in [-0.39, 0.29) is 0 Å². The van der Waals surface area contributed by atoms with E-state index in [0.717, 1.165) is 16.2 Å². The number of hydrogen-bond donors (Lipinski definition) is 0. The van der Waals surface area contributed by atoms with Crippen molar-refractivity contribution in [2.24, 2.45) is 5.10 Å². The van der Waals surface area contributed by atoms with E-state index in [1.165, 1.54) is 5.01 Å². The molecular formula is C11H12N2O2S. The molecule has 0 bridgehead atoms. The second kappa shape index (κ2) is 4.49. The summed E-state index contributed by atoms with van der Waals surface area (Å²) in [5.41, 5.74) is 1.88. The Kier molecular flexibility index (Phi) is 3.05. The molecule has 5 heteroatoms. The van der Waals surface area contributed by atoms with Gasteiger partial charge in [0.25, 0.3) is 0 Å². The van der Waals surface area contributed by atoms with Crippen LogP contribution in [0.25, 0.3) is 6.08 Å². The van der Waals surface area contributed by atoms with Gasteiger partial charge in [-0.05, 0) is 31.4 Å². The predicted molar refractivity (Wildman–Crippen MR) is 64.4 cm³/mol. The molecule has 0 unspecified atom stereocenters. The van der Waals surface area contributed by atoms with Crippen molar-refractivity contribution in [3.05, 3.63) is 28.1 Å². The lowest BCUT2D eigenvalue weighted by molar-refractivity contribution is 0.123. The van der Waals surface area contributed by atoms with E-state index in [1.807, 2.05) is 24.4 Å². The number of amides is 1. The van der Waals surface area contributed by atoms with Gasteiger partial charge in [-0.1, -0.05) is 0 Å². The van der Waals surface area contributed by atoms with Crippen molar-refractivity contribution in [2.45, 2.75) is 13.8 Å². The van der Waals surface area contributed by atoms with Gasteiger partial charge in [0.2, 0.25) is 0 Å². The quantitative estimate of drug-likeness (QED) is 0.752. The Morgan fingerprint density at radius 1 is 1.62 bits per heavy atom. The normalized spacial score (nSPS) is 14.1. The standard InChI is InChI=1S/C11H12N2O2S/c1-3-15-11(14)13-6-4-10-9(5-7-16-10)8(2)12-13/h4-7H,3H2,1-2H3. The molecule has 1 amide bonds. The highest BCUT2D eigenvalue weighted by molar-refractivity contribution is 7.11. The van der Waals surface area contributed by atoms with Crippen LogP contribution >= 0.6 is 11.3 Å². The molecule has 1 aliphatic rings. The van der Waals surface area contributed by atoms with Gasteiger partial charge in [-0.2, -0.15) is 10.1 Å². The second-order valence-corrected chi connectivity index (χ2v) is 4.19. The van der Waals surface area contributed by atoms with Gasteiger partial charge in [0.15, 0.2) is 0 Å². The number of carbonyl (C=O) groups is 1. The zero-order valence-electron chi connectivity index (χ0n) is 9.14. The van der Waals surface area contributed by atoms with E-state index >= 15 is 0 Å². The van der Waals surface area contributed by atoms with Gasteiger partial charge in [0.1, 0.15) is 0 Å². The smallest absolute Gasteiger partial charge is 0.434 e. The molecule has 0 spiro atoms. The van der Waals surface area contributed by atoms with Gasteiger partial charge >= 0.3 is 6.09 Å². The summed E-state index contributed by atoms with van der Waals surface area (Å²) in [5.74, 6) is 0. The minimum atomic E-state index is -0.451. The average Bonchev–Trinajstić information content (AvgIpc) is 2.66. The van der Waals surface area contributed by atoms with Crippen LogP contribution in [0.2, 0.25) is 0 Å². The van der Waals surface area contributed by atoms with Crippen molar-refractivity contribution < 1.29 is 9.53 Å². The van der Waals surface area contributed by atoms with E-state index in [9.17, 15) is 4.79 Å². The molecular weight excluding hydrogens is 224 g/mol. The first-order chi connectivity index (χ1) is 7.72. The molecule has 2 heterocycles. The Bertz CT molecular complexity index is 462. The van der Waals surface area contributed by atoms with E-state index in [0.29, 0.717) is 6.61 Å². The molecule has 0 saturated heterocycles. The molecule has 0 atom stereocenters. The number of hydrazone groups is 1. The van der Waals surface area contributed by atoms with Crippen LogP contribution in [0.3, 0.4) is 0 Å². The fraction of sp³-hybridized carbons (Fsp3) is 0.273. The van der Waals surface area contributed by atoms with Gasteiger partial charge in [0.05, 0.1) is 12.3 Å². The Labute approximate surface area is 97.8 Å². The molecule has 1 aromatic rings. The number of fused-ring (bicyclic) bond motifs is 1. The zero-order valence-corrected chi connectivity index (χ0v) is 9.95. The number of rotatable bonds is 1. The Morgan fingerprint density at radius 3 is 3.19 bits per heavy atom. The van der Waals surface area contributed by atoms with Gasteiger partial charge < -0.3 is 4.74 Å². The number of carbonyl (C=O) groups excluding carboxylic acids is 1. The maximum absolute atomic E-state index is 11.5. The topological polar surface area (TPSA) is 41.9 Å². The molecule has 1 aliphatic heterocycles. The SMILES string of the molecule is CCOC(=O)N1C=Cc2sccc2C(C)=N1. The van der Waals surface area contributed by atoms with E-state index < -0.39 is 6.09 Å². The molecule has 0 radical (unpaired) electrons. The van der Waals surface area contributed by atoms with Gasteiger partial charge in [-0.3, -0.25) is 0 Å². The maximum atomic E-state index is 11.5. The average molecular weight is 236 g/mol. The van der Waals surface area contributed by atoms with Gasteiger partial charge in [0, 0.05) is 16.6 Å². The summed E-state index contributed by atoms with van der Waals surface area (Å²) in [4.78, 5) is 12.6. The molecule has 0 N–H and O–H groups in total. The highest BCUT2D eigenvalue weighted by Gasteiger charge is 2.16. The van der Waals surface area contributed by atoms with Crippen molar-refractivity contribution in [2.75, 3.05) is 6.61 Å². The van der Waals surface area contributed by atoms with Crippen molar-refractivity contribution in [3.8, 4) is 0 Å². The Morgan fingerprint density at radius 2 is 2.44 bits per heavy atom. The Hall–Kier alpha value is -1.62. The summed E-state index contributed by atoms with van der Waals surface area (Å²) in [7, 11) is 0. The first-order valence-corrected chi connectivity index (χ1v) is 5.87. The predicted octanol–water partition coefficient (Wildman–Crippen LogP) is 2.91. The summed E-state index contributed by atoms with van der Waals surface area (Å²) in [6.07, 6.45) is 3.05. The second-order valence-electron chi connectivity index (χ2n) is 3.24. The highest BCUT2D eigenvalue weighted by Crippen LogP contribution is 2.22. The highest BCUT2D eigenvalue weighted by atomic mass is 32.1. The van der Waals surface area contributed by atoms with Crippen molar-refractivity contribution in [1.82, 2.24) is 5.01 Å². The van der Waals surface area contributed by atoms with Crippen LogP contribution in [0.15, 0.2) is 22.7 Å². The molecule has 0 aromatic carbocycles. The Balaban J connectivity index is 2.29. The van der Waals surface area contributed by atoms with Gasteiger partial charge in [-0.25, -0.2) is 4.79 Å². The lowest BCUT2D eigenvalue weighted by atomic mass is 10.2. The van der Waals surface area contributed by atoms with Crippen LogP contribution in [0, 0.1) is 0 Å². The molecule has 0 aliphatic carbocycles. The van der Waals surface area contributed by atoms with Crippen molar-refractivity contribution >= 4 is 29.2 Å². The third-order valence-electron chi connectivity index (χ3n) is 2.16. The van der Waals surface area contributed by atoms with Crippen LogP contribution in [-0.2, 0) is 4.74 Å². The zero-order chi connectivity index (χ0) is 11.5. The fourth-order valence-electron chi connectivity index (χ4n) is 1.43. The lowest BCUT2D eigenvalue weighted by Gasteiger charge is -2.11. The first-order valence-electron chi connectivity index (χ1n) is 4.99.